The summed E-state index contributed by atoms with van der Waals surface area (Å²) in [5.41, 5.74) is 7.22. The molecule has 3 rings (SSSR count). The van der Waals surface area contributed by atoms with Gasteiger partial charge in [0.15, 0.2) is 5.78 Å². The molecule has 2 nitrogen and oxygen atoms in total. The molecule has 0 radical (unpaired) electrons. The van der Waals surface area contributed by atoms with Crippen molar-refractivity contribution >= 4 is 32.6 Å². The van der Waals surface area contributed by atoms with Crippen LogP contribution in [0.15, 0.2) is 40.9 Å². The molecule has 3 heteroatoms. The average molecular weight is 382 g/mol. The van der Waals surface area contributed by atoms with E-state index in [9.17, 15) is 4.79 Å². The van der Waals surface area contributed by atoms with Crippen molar-refractivity contribution in [1.29, 1.82) is 0 Å². The lowest BCUT2D eigenvalue weighted by molar-refractivity contribution is 0.0989. The highest BCUT2D eigenvalue weighted by Gasteiger charge is 2.16. The monoisotopic (exact) mass is 381 g/mol. The molecule has 0 aliphatic carbocycles. The van der Waals surface area contributed by atoms with Crippen LogP contribution in [0.4, 0.5) is 0 Å². The van der Waals surface area contributed by atoms with Gasteiger partial charge in [0, 0.05) is 33.1 Å². The number of aryl methyl sites for hydroxylation is 3. The van der Waals surface area contributed by atoms with Crippen molar-refractivity contribution in [2.75, 3.05) is 0 Å². The van der Waals surface area contributed by atoms with Crippen LogP contribution in [0.2, 0.25) is 0 Å². The van der Waals surface area contributed by atoms with Crippen LogP contribution in [0.25, 0.3) is 22.0 Å². The van der Waals surface area contributed by atoms with Gasteiger partial charge in [-0.1, -0.05) is 41.1 Å². The first-order valence-electron chi connectivity index (χ1n) is 8.13. The van der Waals surface area contributed by atoms with Gasteiger partial charge < -0.3 is 0 Å². The minimum Gasteiger partial charge on any atom is -0.294 e. The molecule has 3 aromatic rings. The smallest absolute Gasteiger partial charge is 0.163 e. The van der Waals surface area contributed by atoms with Gasteiger partial charge in [-0.2, -0.15) is 0 Å². The topological polar surface area (TPSA) is 30.0 Å². The van der Waals surface area contributed by atoms with E-state index in [1.54, 1.807) is 0 Å². The van der Waals surface area contributed by atoms with E-state index < -0.39 is 0 Å². The molecule has 0 N–H and O–H groups in total. The third kappa shape index (κ3) is 2.89. The maximum absolute atomic E-state index is 12.4. The van der Waals surface area contributed by atoms with Gasteiger partial charge in [0.05, 0.1) is 5.52 Å². The number of para-hydroxylation sites is 1. The molecule has 0 aliphatic rings. The van der Waals surface area contributed by atoms with Crippen LogP contribution < -0.4 is 0 Å². The number of carbonyl (C=O) groups is 1. The Labute approximate surface area is 151 Å². The molecule has 1 heterocycles. The molecule has 0 bridgehead atoms. The number of Topliss-reactive ketones (excluding diaryl/α,β-unsaturated/α-hetero) is 1. The number of hydrogen-bond acceptors (Lipinski definition) is 2. The minimum absolute atomic E-state index is 0.159. The van der Waals surface area contributed by atoms with Crippen LogP contribution in [0.1, 0.15) is 40.5 Å². The first-order valence-corrected chi connectivity index (χ1v) is 8.92. The fourth-order valence-electron chi connectivity index (χ4n) is 3.33. The Bertz CT molecular complexity index is 936. The predicted molar refractivity (Wildman–Crippen MR) is 104 cm³/mol. The van der Waals surface area contributed by atoms with Crippen LogP contribution in [0.3, 0.4) is 0 Å². The zero-order valence-electron chi connectivity index (χ0n) is 14.4. The van der Waals surface area contributed by atoms with Crippen molar-refractivity contribution in [1.82, 2.24) is 4.98 Å². The van der Waals surface area contributed by atoms with E-state index >= 15 is 0 Å². The number of rotatable bonds is 3. The normalized spacial score (nSPS) is 11.0. The SMILES string of the molecule is CCC(=O)c1cc(C)nc2c(-c3c(C)cc(Br)cc3C)cccc12. The van der Waals surface area contributed by atoms with Gasteiger partial charge >= 0.3 is 0 Å². The van der Waals surface area contributed by atoms with Crippen molar-refractivity contribution < 1.29 is 4.79 Å². The molecule has 24 heavy (non-hydrogen) atoms. The van der Waals surface area contributed by atoms with Crippen LogP contribution in [0, 0.1) is 20.8 Å². The molecule has 0 atom stereocenters. The summed E-state index contributed by atoms with van der Waals surface area (Å²) in [5.74, 6) is 0.159. The van der Waals surface area contributed by atoms with Gasteiger partial charge in [-0.15, -0.1) is 0 Å². The summed E-state index contributed by atoms with van der Waals surface area (Å²) >= 11 is 3.56. The van der Waals surface area contributed by atoms with E-state index in [4.69, 9.17) is 4.98 Å². The summed E-state index contributed by atoms with van der Waals surface area (Å²) in [6.45, 7) is 8.07. The molecular weight excluding hydrogens is 362 g/mol. The van der Waals surface area contributed by atoms with E-state index in [2.05, 4.69) is 48.0 Å². The zero-order valence-corrected chi connectivity index (χ0v) is 16.0. The highest BCUT2D eigenvalue weighted by Crippen LogP contribution is 2.35. The molecule has 0 fully saturated rings. The Morgan fingerprint density at radius 2 is 1.75 bits per heavy atom. The molecule has 0 saturated heterocycles. The van der Waals surface area contributed by atoms with Crippen LogP contribution in [-0.4, -0.2) is 10.8 Å². The Kier molecular flexibility index (Phi) is 4.55. The van der Waals surface area contributed by atoms with Gasteiger partial charge in [-0.3, -0.25) is 9.78 Å². The van der Waals surface area contributed by atoms with Crippen LogP contribution >= 0.6 is 15.9 Å². The molecule has 122 valence electrons. The van der Waals surface area contributed by atoms with Crippen molar-refractivity contribution in [3.05, 3.63) is 63.3 Å². The Hall–Kier alpha value is -2.00. The molecule has 2 aromatic carbocycles. The number of fused-ring (bicyclic) bond motifs is 1. The minimum atomic E-state index is 0.159. The number of halogens is 1. The summed E-state index contributed by atoms with van der Waals surface area (Å²) in [6, 6.07) is 12.3. The first kappa shape index (κ1) is 16.8. The van der Waals surface area contributed by atoms with Gasteiger partial charge in [-0.05, 0) is 55.7 Å². The van der Waals surface area contributed by atoms with Crippen LogP contribution in [0.5, 0.6) is 0 Å². The Balaban J connectivity index is 2.40. The number of pyridine rings is 1. The Morgan fingerprint density at radius 3 is 2.38 bits per heavy atom. The maximum Gasteiger partial charge on any atom is 0.163 e. The second-order valence-electron chi connectivity index (χ2n) is 6.20. The third-order valence-electron chi connectivity index (χ3n) is 4.36. The molecule has 0 saturated carbocycles. The number of nitrogens with zero attached hydrogens (tertiary/aromatic N) is 1. The number of aromatic nitrogens is 1. The van der Waals surface area contributed by atoms with Crippen LogP contribution in [-0.2, 0) is 0 Å². The fourth-order valence-corrected chi connectivity index (χ4v) is 4.02. The summed E-state index contributed by atoms with van der Waals surface area (Å²) in [4.78, 5) is 17.1. The summed E-state index contributed by atoms with van der Waals surface area (Å²) < 4.78 is 1.08. The van der Waals surface area contributed by atoms with Gasteiger partial charge in [0.25, 0.3) is 0 Å². The van der Waals surface area contributed by atoms with Crippen molar-refractivity contribution in [3.8, 4) is 11.1 Å². The van der Waals surface area contributed by atoms with Crippen molar-refractivity contribution in [2.24, 2.45) is 0 Å². The lowest BCUT2D eigenvalue weighted by Gasteiger charge is -2.15. The molecule has 0 aliphatic heterocycles. The van der Waals surface area contributed by atoms with E-state index in [0.717, 1.165) is 32.2 Å². The fraction of sp³-hybridized carbons (Fsp3) is 0.238. The van der Waals surface area contributed by atoms with E-state index in [-0.39, 0.29) is 5.78 Å². The summed E-state index contributed by atoms with van der Waals surface area (Å²) in [5, 5.41) is 0.937. The second-order valence-corrected chi connectivity index (χ2v) is 7.12. The molecule has 0 unspecified atom stereocenters. The largest absolute Gasteiger partial charge is 0.294 e. The van der Waals surface area contributed by atoms with Gasteiger partial charge in [0.1, 0.15) is 0 Å². The second kappa shape index (κ2) is 6.48. The lowest BCUT2D eigenvalue weighted by atomic mass is 9.92. The molecule has 1 aromatic heterocycles. The highest BCUT2D eigenvalue weighted by atomic mass is 79.9. The lowest BCUT2D eigenvalue weighted by Crippen LogP contribution is -2.01. The first-order chi connectivity index (χ1) is 11.4. The summed E-state index contributed by atoms with van der Waals surface area (Å²) in [7, 11) is 0. The number of hydrogen-bond donors (Lipinski definition) is 0. The van der Waals surface area contributed by atoms with Gasteiger partial charge in [0.2, 0.25) is 0 Å². The predicted octanol–water partition coefficient (Wildman–Crippen LogP) is 6.18. The average Bonchev–Trinajstić information content (AvgIpc) is 2.53. The third-order valence-corrected chi connectivity index (χ3v) is 4.81. The molecule has 0 spiro atoms. The zero-order chi connectivity index (χ0) is 17.4. The Morgan fingerprint density at radius 1 is 1.08 bits per heavy atom. The maximum atomic E-state index is 12.4. The van der Waals surface area contributed by atoms with Gasteiger partial charge in [-0.25, -0.2) is 0 Å². The number of benzene rings is 2. The quantitative estimate of drug-likeness (QED) is 0.506. The van der Waals surface area contributed by atoms with Crippen molar-refractivity contribution in [2.45, 2.75) is 34.1 Å². The highest BCUT2D eigenvalue weighted by molar-refractivity contribution is 9.10. The van der Waals surface area contributed by atoms with E-state index in [1.165, 1.54) is 16.7 Å². The van der Waals surface area contributed by atoms with Crippen molar-refractivity contribution in [3.63, 3.8) is 0 Å². The van der Waals surface area contributed by atoms with E-state index in [1.807, 2.05) is 32.0 Å². The molecular formula is C21H20BrNO. The molecule has 0 amide bonds. The number of ketones is 1. The number of carbonyl (C=O) groups excluding carboxylic acids is 1. The summed E-state index contributed by atoms with van der Waals surface area (Å²) in [6.07, 6.45) is 0.499. The van der Waals surface area contributed by atoms with E-state index in [0.29, 0.717) is 6.42 Å². The standard InChI is InChI=1S/C21H20BrNO/c1-5-19(24)18-11-14(4)23-21-16(18)7-6-8-17(21)20-12(2)9-15(22)10-13(20)3/h6-11H,5H2,1-4H3.